The largest absolute Gasteiger partial charge is 0.489 e. The fourth-order valence-electron chi connectivity index (χ4n) is 3.12. The Kier molecular flexibility index (Phi) is 6.60. The van der Waals surface area contributed by atoms with E-state index in [1.54, 1.807) is 0 Å². The molecule has 0 atom stereocenters. The lowest BCUT2D eigenvalue weighted by Crippen LogP contribution is -2.10. The van der Waals surface area contributed by atoms with E-state index in [0.29, 0.717) is 24.7 Å². The van der Waals surface area contributed by atoms with Gasteiger partial charge in [0, 0.05) is 6.07 Å². The van der Waals surface area contributed by atoms with E-state index in [2.05, 4.69) is 64.1 Å². The quantitative estimate of drug-likeness (QED) is 0.542. The summed E-state index contributed by atoms with van der Waals surface area (Å²) in [5, 5.41) is 9.59. The second-order valence-electron chi connectivity index (χ2n) is 8.48. The predicted octanol–water partition coefficient (Wildman–Crippen LogP) is 5.94. The zero-order chi connectivity index (χ0) is 20.9. The van der Waals surface area contributed by atoms with Crippen LogP contribution < -0.4 is 9.47 Å². The lowest BCUT2D eigenvalue weighted by atomic mass is 9.87. The molecule has 0 radical (unpaired) electrons. The standard InChI is InChI=1S/C26H30O3/c1-19-6-5-7-21(12-19)18-29-25-14-22(16-27)13-24(15-25)28-17-20-8-10-23(11-9-20)26(2,3)4/h5-15,27H,16-18H2,1-4H3. The van der Waals surface area contributed by atoms with E-state index in [4.69, 9.17) is 9.47 Å². The number of aliphatic hydroxyl groups is 1. The van der Waals surface area contributed by atoms with E-state index in [-0.39, 0.29) is 12.0 Å². The molecular formula is C26H30O3. The van der Waals surface area contributed by atoms with Crippen molar-refractivity contribution in [2.45, 2.75) is 52.9 Å². The molecule has 0 spiro atoms. The van der Waals surface area contributed by atoms with Crippen molar-refractivity contribution in [3.05, 3.63) is 94.5 Å². The van der Waals surface area contributed by atoms with Crippen LogP contribution in [0.5, 0.6) is 11.5 Å². The van der Waals surface area contributed by atoms with Gasteiger partial charge in [-0.3, -0.25) is 0 Å². The van der Waals surface area contributed by atoms with Gasteiger partial charge in [0.1, 0.15) is 24.7 Å². The van der Waals surface area contributed by atoms with E-state index in [1.807, 2.05) is 30.3 Å². The fourth-order valence-corrected chi connectivity index (χ4v) is 3.12. The van der Waals surface area contributed by atoms with Gasteiger partial charge in [0.15, 0.2) is 0 Å². The highest BCUT2D eigenvalue weighted by molar-refractivity contribution is 5.39. The molecule has 3 heteroatoms. The predicted molar refractivity (Wildman–Crippen MR) is 117 cm³/mol. The molecule has 0 saturated heterocycles. The Balaban J connectivity index is 1.66. The average Bonchev–Trinajstić information content (AvgIpc) is 2.70. The van der Waals surface area contributed by atoms with Crippen LogP contribution in [0.4, 0.5) is 0 Å². The Morgan fingerprint density at radius 2 is 1.34 bits per heavy atom. The van der Waals surface area contributed by atoms with Gasteiger partial charge >= 0.3 is 0 Å². The zero-order valence-corrected chi connectivity index (χ0v) is 17.7. The molecule has 3 nitrogen and oxygen atoms in total. The van der Waals surface area contributed by atoms with Crippen LogP contribution in [0.3, 0.4) is 0 Å². The molecule has 0 unspecified atom stereocenters. The summed E-state index contributed by atoms with van der Waals surface area (Å²) >= 11 is 0. The molecule has 0 fully saturated rings. The van der Waals surface area contributed by atoms with Crippen LogP contribution in [0.1, 0.15) is 48.6 Å². The second-order valence-corrected chi connectivity index (χ2v) is 8.48. The van der Waals surface area contributed by atoms with Gasteiger partial charge in [-0.1, -0.05) is 74.9 Å². The van der Waals surface area contributed by atoms with Crippen molar-refractivity contribution in [1.29, 1.82) is 0 Å². The van der Waals surface area contributed by atoms with Gasteiger partial charge in [-0.25, -0.2) is 0 Å². The summed E-state index contributed by atoms with van der Waals surface area (Å²) in [5.74, 6) is 1.38. The van der Waals surface area contributed by atoms with Crippen molar-refractivity contribution >= 4 is 0 Å². The molecule has 29 heavy (non-hydrogen) atoms. The van der Waals surface area contributed by atoms with E-state index in [1.165, 1.54) is 11.1 Å². The molecule has 0 aliphatic rings. The molecule has 0 bridgehead atoms. The number of rotatable bonds is 7. The van der Waals surface area contributed by atoms with Gasteiger partial charge in [-0.15, -0.1) is 0 Å². The highest BCUT2D eigenvalue weighted by atomic mass is 16.5. The molecule has 1 N–H and O–H groups in total. The van der Waals surface area contributed by atoms with Crippen LogP contribution in [0.25, 0.3) is 0 Å². The fraction of sp³-hybridized carbons (Fsp3) is 0.308. The monoisotopic (exact) mass is 390 g/mol. The SMILES string of the molecule is Cc1cccc(COc2cc(CO)cc(OCc3ccc(C(C)(C)C)cc3)c2)c1. The van der Waals surface area contributed by atoms with Crippen molar-refractivity contribution < 1.29 is 14.6 Å². The minimum atomic E-state index is -0.0573. The zero-order valence-electron chi connectivity index (χ0n) is 17.7. The minimum Gasteiger partial charge on any atom is -0.489 e. The molecule has 0 heterocycles. The van der Waals surface area contributed by atoms with E-state index >= 15 is 0 Å². The van der Waals surface area contributed by atoms with Crippen LogP contribution in [-0.4, -0.2) is 5.11 Å². The van der Waals surface area contributed by atoms with Crippen molar-refractivity contribution in [2.24, 2.45) is 0 Å². The van der Waals surface area contributed by atoms with Crippen LogP contribution in [-0.2, 0) is 25.2 Å². The van der Waals surface area contributed by atoms with Crippen LogP contribution in [0.2, 0.25) is 0 Å². The van der Waals surface area contributed by atoms with E-state index in [0.717, 1.165) is 16.7 Å². The number of hydrogen-bond acceptors (Lipinski definition) is 3. The summed E-state index contributed by atoms with van der Waals surface area (Å²) in [7, 11) is 0. The maximum Gasteiger partial charge on any atom is 0.123 e. The highest BCUT2D eigenvalue weighted by Gasteiger charge is 2.13. The molecule has 3 rings (SSSR count). The first-order valence-corrected chi connectivity index (χ1v) is 9.99. The maximum absolute atomic E-state index is 9.59. The van der Waals surface area contributed by atoms with Crippen LogP contribution >= 0.6 is 0 Å². The average molecular weight is 391 g/mol. The van der Waals surface area contributed by atoms with Gasteiger partial charge in [-0.2, -0.15) is 0 Å². The Morgan fingerprint density at radius 1 is 0.724 bits per heavy atom. The summed E-state index contributed by atoms with van der Waals surface area (Å²) in [5.41, 5.74) is 5.63. The summed E-state index contributed by atoms with van der Waals surface area (Å²) < 4.78 is 11.9. The number of benzene rings is 3. The Hall–Kier alpha value is -2.78. The number of aliphatic hydroxyl groups excluding tert-OH is 1. The van der Waals surface area contributed by atoms with Gasteiger partial charge in [0.2, 0.25) is 0 Å². The molecule has 152 valence electrons. The van der Waals surface area contributed by atoms with Gasteiger partial charge in [0.05, 0.1) is 6.61 Å². The van der Waals surface area contributed by atoms with E-state index in [9.17, 15) is 5.11 Å². The maximum atomic E-state index is 9.59. The van der Waals surface area contributed by atoms with Gasteiger partial charge in [0.25, 0.3) is 0 Å². The first-order valence-electron chi connectivity index (χ1n) is 9.99. The minimum absolute atomic E-state index is 0.0573. The lowest BCUT2D eigenvalue weighted by molar-refractivity contribution is 0.271. The topological polar surface area (TPSA) is 38.7 Å². The van der Waals surface area contributed by atoms with Crippen LogP contribution in [0, 0.1) is 6.92 Å². The highest BCUT2D eigenvalue weighted by Crippen LogP contribution is 2.26. The number of aryl methyl sites for hydroxylation is 1. The summed E-state index contributed by atoms with van der Waals surface area (Å²) in [6.45, 7) is 9.57. The normalized spacial score (nSPS) is 11.3. The summed E-state index contributed by atoms with van der Waals surface area (Å²) in [4.78, 5) is 0. The lowest BCUT2D eigenvalue weighted by Gasteiger charge is -2.19. The number of ether oxygens (including phenoxy) is 2. The molecular weight excluding hydrogens is 360 g/mol. The second kappa shape index (κ2) is 9.15. The first-order chi connectivity index (χ1) is 13.8. The molecule has 0 aromatic heterocycles. The molecule has 3 aromatic carbocycles. The van der Waals surface area contributed by atoms with E-state index < -0.39 is 0 Å². The Bertz CT molecular complexity index is 937. The van der Waals surface area contributed by atoms with Gasteiger partial charge < -0.3 is 14.6 Å². The third-order valence-corrected chi connectivity index (χ3v) is 4.84. The first kappa shape index (κ1) is 20.9. The third kappa shape index (κ3) is 6.10. The summed E-state index contributed by atoms with van der Waals surface area (Å²) in [6, 6.07) is 22.3. The third-order valence-electron chi connectivity index (χ3n) is 4.84. The molecule has 3 aromatic rings. The van der Waals surface area contributed by atoms with Crippen molar-refractivity contribution in [3.8, 4) is 11.5 Å². The Morgan fingerprint density at radius 3 is 1.90 bits per heavy atom. The van der Waals surface area contributed by atoms with Crippen molar-refractivity contribution in [1.82, 2.24) is 0 Å². The molecule has 0 aliphatic carbocycles. The molecule has 0 aliphatic heterocycles. The summed E-state index contributed by atoms with van der Waals surface area (Å²) in [6.07, 6.45) is 0. The van der Waals surface area contributed by atoms with Crippen molar-refractivity contribution in [2.75, 3.05) is 0 Å². The molecule has 0 amide bonds. The smallest absolute Gasteiger partial charge is 0.123 e. The van der Waals surface area contributed by atoms with Crippen LogP contribution in [0.15, 0.2) is 66.7 Å². The Labute approximate surface area is 173 Å². The molecule has 0 saturated carbocycles. The van der Waals surface area contributed by atoms with Gasteiger partial charge in [-0.05, 0) is 46.7 Å². The number of hydrogen-bond donors (Lipinski definition) is 1. The van der Waals surface area contributed by atoms with Crippen molar-refractivity contribution in [3.63, 3.8) is 0 Å².